The van der Waals surface area contributed by atoms with Gasteiger partial charge in [-0.3, -0.25) is 5.32 Å². The van der Waals surface area contributed by atoms with Crippen LogP contribution in [-0.2, 0) is 16.9 Å². The molecule has 0 amide bonds. The first-order chi connectivity index (χ1) is 23.2. The van der Waals surface area contributed by atoms with Gasteiger partial charge in [0.1, 0.15) is 5.52 Å². The highest BCUT2D eigenvalue weighted by atomic mass is 16.5. The van der Waals surface area contributed by atoms with Gasteiger partial charge in [-0.2, -0.15) is 0 Å². The van der Waals surface area contributed by atoms with Crippen LogP contribution in [0.15, 0.2) is 144 Å². The van der Waals surface area contributed by atoms with Gasteiger partial charge in [-0.25, -0.2) is 4.98 Å². The molecular formula is C43H40N2O2. The summed E-state index contributed by atoms with van der Waals surface area (Å²) in [7, 11) is 0. The molecule has 1 heterocycles. The highest BCUT2D eigenvalue weighted by molar-refractivity contribution is 5.76. The first-order valence-electron chi connectivity index (χ1n) is 17.2. The number of aromatic nitrogens is 1. The van der Waals surface area contributed by atoms with E-state index in [0.717, 1.165) is 35.4 Å². The number of rotatable bonds is 9. The fraction of sp³-hybridized carbons (Fsp3) is 0.279. The molecule has 4 bridgehead atoms. The number of ether oxygens (including phenoxy) is 1. The van der Waals surface area contributed by atoms with Crippen LogP contribution >= 0.6 is 0 Å². The van der Waals surface area contributed by atoms with Crippen molar-refractivity contribution in [2.45, 2.75) is 55.9 Å². The molecule has 0 saturated heterocycles. The van der Waals surface area contributed by atoms with Crippen LogP contribution in [0.1, 0.15) is 54.4 Å². The van der Waals surface area contributed by atoms with Crippen molar-refractivity contribution in [2.24, 2.45) is 17.8 Å². The average Bonchev–Trinajstić information content (AvgIpc) is 3.57. The van der Waals surface area contributed by atoms with Crippen molar-refractivity contribution in [2.75, 3.05) is 0 Å². The maximum atomic E-state index is 6.99. The highest BCUT2D eigenvalue weighted by Gasteiger charge is 2.57. The largest absolute Gasteiger partial charge is 0.436 e. The summed E-state index contributed by atoms with van der Waals surface area (Å²) in [6.45, 7) is 0.639. The van der Waals surface area contributed by atoms with E-state index in [1.165, 1.54) is 41.5 Å². The van der Waals surface area contributed by atoms with Gasteiger partial charge < -0.3 is 9.15 Å². The predicted octanol–water partition coefficient (Wildman–Crippen LogP) is 9.54. The molecular weight excluding hydrogens is 576 g/mol. The van der Waals surface area contributed by atoms with Crippen molar-refractivity contribution in [3.05, 3.63) is 162 Å². The van der Waals surface area contributed by atoms with E-state index < -0.39 is 5.54 Å². The van der Waals surface area contributed by atoms with E-state index in [1.807, 2.05) is 24.3 Å². The smallest absolute Gasteiger partial charge is 0.227 e. The number of hydrogen-bond acceptors (Lipinski definition) is 4. The zero-order valence-corrected chi connectivity index (χ0v) is 26.6. The monoisotopic (exact) mass is 616 g/mol. The summed E-state index contributed by atoms with van der Waals surface area (Å²) in [5.74, 6) is 2.57. The number of benzene rings is 5. The van der Waals surface area contributed by atoms with Crippen LogP contribution in [0.4, 0.5) is 0 Å². The van der Waals surface area contributed by atoms with E-state index in [9.17, 15) is 0 Å². The number of fused-ring (bicyclic) bond motifs is 1. The first-order valence-corrected chi connectivity index (χ1v) is 17.2. The summed E-state index contributed by atoms with van der Waals surface area (Å²) in [5.41, 5.74) is 7.29. The van der Waals surface area contributed by atoms with Crippen LogP contribution in [0.5, 0.6) is 0 Å². The molecule has 6 aromatic rings. The molecule has 4 aliphatic carbocycles. The molecule has 4 saturated carbocycles. The first kappa shape index (κ1) is 28.7. The second-order valence-electron chi connectivity index (χ2n) is 14.1. The Balaban J connectivity index is 0.974. The van der Waals surface area contributed by atoms with Crippen molar-refractivity contribution < 1.29 is 9.15 Å². The number of oxazole rings is 1. The van der Waals surface area contributed by atoms with Crippen molar-refractivity contribution in [1.29, 1.82) is 0 Å². The minimum atomic E-state index is -0.436. The Bertz CT molecular complexity index is 1820. The summed E-state index contributed by atoms with van der Waals surface area (Å²) in [6, 6.07) is 50.1. The van der Waals surface area contributed by atoms with E-state index in [4.69, 9.17) is 9.15 Å². The van der Waals surface area contributed by atoms with Crippen LogP contribution < -0.4 is 5.32 Å². The van der Waals surface area contributed by atoms with Crippen LogP contribution in [0.25, 0.3) is 22.6 Å². The van der Waals surface area contributed by atoms with Gasteiger partial charge in [-0.1, -0.05) is 115 Å². The Morgan fingerprint density at radius 3 is 1.79 bits per heavy atom. The molecule has 5 aromatic carbocycles. The Morgan fingerprint density at radius 1 is 0.660 bits per heavy atom. The molecule has 234 valence electrons. The topological polar surface area (TPSA) is 47.3 Å². The Kier molecular flexibility index (Phi) is 7.10. The lowest BCUT2D eigenvalue weighted by molar-refractivity contribution is -0.180. The molecule has 47 heavy (non-hydrogen) atoms. The van der Waals surface area contributed by atoms with Crippen molar-refractivity contribution in [1.82, 2.24) is 10.3 Å². The minimum absolute atomic E-state index is 0.0391. The molecule has 1 N–H and O–H groups in total. The van der Waals surface area contributed by atoms with Gasteiger partial charge in [0.05, 0.1) is 17.7 Å². The van der Waals surface area contributed by atoms with E-state index in [1.54, 1.807) is 0 Å². The van der Waals surface area contributed by atoms with Gasteiger partial charge in [-0.05, 0) is 96.4 Å². The second kappa shape index (κ2) is 11.6. The molecule has 4 fully saturated rings. The zero-order valence-electron chi connectivity index (χ0n) is 26.6. The molecule has 4 heteroatoms. The lowest BCUT2D eigenvalue weighted by Gasteiger charge is -2.61. The molecule has 0 aliphatic heterocycles. The summed E-state index contributed by atoms with van der Waals surface area (Å²) in [6.07, 6.45) is 6.00. The molecule has 4 aliphatic rings. The van der Waals surface area contributed by atoms with Gasteiger partial charge in [0, 0.05) is 11.6 Å². The van der Waals surface area contributed by atoms with Gasteiger partial charge in [0.25, 0.3) is 0 Å². The molecule has 0 spiro atoms. The van der Waals surface area contributed by atoms with Crippen LogP contribution in [0.3, 0.4) is 0 Å². The highest BCUT2D eigenvalue weighted by Crippen LogP contribution is 2.58. The molecule has 2 atom stereocenters. The number of para-hydroxylation sites is 2. The Hall–Kier alpha value is -4.51. The lowest BCUT2D eigenvalue weighted by Crippen LogP contribution is -2.65. The average molecular weight is 617 g/mol. The maximum Gasteiger partial charge on any atom is 0.227 e. The van der Waals surface area contributed by atoms with Crippen LogP contribution in [-0.4, -0.2) is 16.6 Å². The third-order valence-corrected chi connectivity index (χ3v) is 11.3. The van der Waals surface area contributed by atoms with Crippen LogP contribution in [0.2, 0.25) is 0 Å². The number of nitrogens with zero attached hydrogens (tertiary/aromatic N) is 1. The molecule has 4 nitrogen and oxygen atoms in total. The third-order valence-electron chi connectivity index (χ3n) is 11.3. The van der Waals surface area contributed by atoms with E-state index in [2.05, 4.69) is 126 Å². The van der Waals surface area contributed by atoms with E-state index in [-0.39, 0.29) is 5.60 Å². The van der Waals surface area contributed by atoms with Gasteiger partial charge in [0.2, 0.25) is 5.89 Å². The van der Waals surface area contributed by atoms with Crippen molar-refractivity contribution in [3.8, 4) is 11.5 Å². The summed E-state index contributed by atoms with van der Waals surface area (Å²) in [4.78, 5) is 4.67. The normalized spacial score (nSPS) is 24.9. The van der Waals surface area contributed by atoms with Gasteiger partial charge >= 0.3 is 0 Å². The predicted molar refractivity (Wildman–Crippen MR) is 187 cm³/mol. The van der Waals surface area contributed by atoms with Gasteiger partial charge in [0.15, 0.2) is 5.58 Å². The standard InChI is InChI=1S/C43H40N2O2/c1-4-12-35(13-5-1)43(36-14-6-2-7-15-36,37-16-8-3-9-17-37)45-40-33-24-31-25-34(40)28-42(26-31,27-33)46-29-30-20-22-32(23-21-30)41-44-38-18-10-11-19-39(38)47-41/h1-23,31,33-34,40,45H,24-29H2. The minimum Gasteiger partial charge on any atom is -0.436 e. The summed E-state index contributed by atoms with van der Waals surface area (Å²) >= 11 is 0. The second-order valence-corrected chi connectivity index (χ2v) is 14.1. The number of hydrogen-bond donors (Lipinski definition) is 1. The SMILES string of the molecule is c1ccc(C(NC2C3CC4CC2CC(OCc2ccc(-c5nc6ccccc6o5)cc2)(C4)C3)(c2ccccc2)c2ccccc2)cc1. The van der Waals surface area contributed by atoms with E-state index >= 15 is 0 Å². The fourth-order valence-electron chi connectivity index (χ4n) is 9.40. The third kappa shape index (κ3) is 5.11. The van der Waals surface area contributed by atoms with Gasteiger partial charge in [-0.15, -0.1) is 0 Å². The molecule has 1 aromatic heterocycles. The molecule has 2 unspecified atom stereocenters. The van der Waals surface area contributed by atoms with Crippen molar-refractivity contribution >= 4 is 11.1 Å². The number of nitrogens with one attached hydrogen (secondary N) is 1. The quantitative estimate of drug-likeness (QED) is 0.164. The molecule has 0 radical (unpaired) electrons. The summed E-state index contributed by atoms with van der Waals surface area (Å²) in [5, 5.41) is 4.41. The fourth-order valence-corrected chi connectivity index (χ4v) is 9.40. The molecule has 10 rings (SSSR count). The zero-order chi connectivity index (χ0) is 31.3. The van der Waals surface area contributed by atoms with E-state index in [0.29, 0.717) is 30.4 Å². The maximum absolute atomic E-state index is 6.99. The van der Waals surface area contributed by atoms with Crippen molar-refractivity contribution in [3.63, 3.8) is 0 Å². The Morgan fingerprint density at radius 2 is 1.21 bits per heavy atom. The summed E-state index contributed by atoms with van der Waals surface area (Å²) < 4.78 is 13.0. The Labute approximate surface area is 276 Å². The lowest BCUT2D eigenvalue weighted by atomic mass is 9.51. The van der Waals surface area contributed by atoms with Crippen LogP contribution in [0, 0.1) is 17.8 Å².